The van der Waals surface area contributed by atoms with Gasteiger partial charge in [-0.15, -0.1) is 11.3 Å². The third-order valence-electron chi connectivity index (χ3n) is 5.23. The number of aryl methyl sites for hydroxylation is 1. The number of hydrogen-bond acceptors (Lipinski definition) is 6. The number of thiophene rings is 1. The Hall–Kier alpha value is -2.55. The summed E-state index contributed by atoms with van der Waals surface area (Å²) in [5, 5.41) is 5.01. The lowest BCUT2D eigenvalue weighted by Crippen LogP contribution is -2.24. The lowest BCUT2D eigenvalue weighted by molar-refractivity contribution is 0.124. The van der Waals surface area contributed by atoms with E-state index < -0.39 is 22.0 Å². The van der Waals surface area contributed by atoms with Gasteiger partial charge in [0.1, 0.15) is 0 Å². The van der Waals surface area contributed by atoms with E-state index in [1.165, 1.54) is 35.6 Å². The molecule has 1 unspecified atom stereocenters. The van der Waals surface area contributed by atoms with Crippen molar-refractivity contribution in [3.63, 3.8) is 0 Å². The quantitative estimate of drug-likeness (QED) is 0.367. The molecule has 0 saturated heterocycles. The summed E-state index contributed by atoms with van der Waals surface area (Å²) in [5.41, 5.74) is 2.57. The molecule has 0 spiro atoms. The zero-order valence-electron chi connectivity index (χ0n) is 18.7. The Morgan fingerprint density at radius 2 is 1.82 bits per heavy atom. The molecule has 0 fully saturated rings. The summed E-state index contributed by atoms with van der Waals surface area (Å²) in [6.45, 7) is 7.85. The molecule has 33 heavy (non-hydrogen) atoms. The third-order valence-corrected chi connectivity index (χ3v) is 8.18. The van der Waals surface area contributed by atoms with Gasteiger partial charge < -0.3 is 9.64 Å². The van der Waals surface area contributed by atoms with Gasteiger partial charge in [0.2, 0.25) is 0 Å². The van der Waals surface area contributed by atoms with Gasteiger partial charge in [-0.1, -0.05) is 17.7 Å². The van der Waals surface area contributed by atoms with Crippen molar-refractivity contribution in [2.45, 2.75) is 31.8 Å². The number of sulfone groups is 1. The number of nitrogens with one attached hydrogen (secondary N) is 1. The highest BCUT2D eigenvalue weighted by Crippen LogP contribution is 2.29. The van der Waals surface area contributed by atoms with Gasteiger partial charge in [-0.3, -0.25) is 5.32 Å². The molecule has 0 aliphatic carbocycles. The normalized spacial score (nSPS) is 12.2. The second-order valence-corrected chi connectivity index (χ2v) is 10.9. The number of benzene rings is 2. The molecule has 3 rings (SSSR count). The zero-order chi connectivity index (χ0) is 24.0. The summed E-state index contributed by atoms with van der Waals surface area (Å²) in [6.07, 6.45) is -1.65. The van der Waals surface area contributed by atoms with Crippen molar-refractivity contribution < 1.29 is 17.9 Å². The highest BCUT2D eigenvalue weighted by atomic mass is 35.5. The molecule has 0 radical (unpaired) electrons. The van der Waals surface area contributed by atoms with Crippen molar-refractivity contribution in [1.82, 2.24) is 0 Å². The Bertz CT molecular complexity index is 1180. The minimum atomic E-state index is -3.71. The van der Waals surface area contributed by atoms with Gasteiger partial charge in [-0.25, -0.2) is 13.2 Å². The molecule has 2 aromatic carbocycles. The van der Waals surface area contributed by atoms with Crippen molar-refractivity contribution in [1.29, 1.82) is 0 Å². The SMILES string of the molecule is CCN(CC)c1ccc(NC(=O)OC(CS(=O)(=O)c2ccc(Cl)cc2)c2cccs2)c(C)c1. The molecular formula is C24H27ClN2O4S2. The highest BCUT2D eigenvalue weighted by Gasteiger charge is 2.27. The van der Waals surface area contributed by atoms with Crippen LogP contribution < -0.4 is 10.2 Å². The van der Waals surface area contributed by atoms with Crippen LogP contribution in [0.5, 0.6) is 0 Å². The van der Waals surface area contributed by atoms with Crippen molar-refractivity contribution in [2.24, 2.45) is 0 Å². The van der Waals surface area contributed by atoms with Gasteiger partial charge in [0.05, 0.1) is 10.6 Å². The van der Waals surface area contributed by atoms with Gasteiger partial charge in [-0.2, -0.15) is 0 Å². The van der Waals surface area contributed by atoms with Crippen molar-refractivity contribution in [3.05, 3.63) is 75.4 Å². The number of anilines is 2. The van der Waals surface area contributed by atoms with Crippen LogP contribution in [-0.2, 0) is 14.6 Å². The van der Waals surface area contributed by atoms with Crippen LogP contribution in [0.25, 0.3) is 0 Å². The van der Waals surface area contributed by atoms with E-state index in [4.69, 9.17) is 16.3 Å². The predicted molar refractivity (Wildman–Crippen MR) is 135 cm³/mol. The van der Waals surface area contributed by atoms with Crippen molar-refractivity contribution in [3.8, 4) is 0 Å². The summed E-state index contributed by atoms with van der Waals surface area (Å²) in [5.74, 6) is -0.373. The van der Waals surface area contributed by atoms with Crippen LogP contribution >= 0.6 is 22.9 Å². The first kappa shape index (κ1) is 25.1. The minimum absolute atomic E-state index is 0.125. The number of rotatable bonds is 9. The summed E-state index contributed by atoms with van der Waals surface area (Å²) in [4.78, 5) is 15.7. The van der Waals surface area contributed by atoms with Crippen LogP contribution in [0.1, 0.15) is 30.4 Å². The van der Waals surface area contributed by atoms with E-state index in [0.29, 0.717) is 15.6 Å². The monoisotopic (exact) mass is 506 g/mol. The molecule has 9 heteroatoms. The second kappa shape index (κ2) is 11.0. The van der Waals surface area contributed by atoms with Crippen LogP contribution in [0, 0.1) is 6.92 Å². The minimum Gasteiger partial charge on any atom is -0.439 e. The maximum atomic E-state index is 12.9. The topological polar surface area (TPSA) is 75.7 Å². The van der Waals surface area contributed by atoms with E-state index in [9.17, 15) is 13.2 Å². The Morgan fingerprint density at radius 3 is 2.39 bits per heavy atom. The van der Waals surface area contributed by atoms with E-state index in [0.717, 1.165) is 24.3 Å². The van der Waals surface area contributed by atoms with E-state index in [-0.39, 0.29) is 10.6 Å². The number of amides is 1. The first-order chi connectivity index (χ1) is 15.7. The molecule has 1 amide bonds. The summed E-state index contributed by atoms with van der Waals surface area (Å²) in [6, 6.07) is 15.3. The van der Waals surface area contributed by atoms with E-state index >= 15 is 0 Å². The Morgan fingerprint density at radius 1 is 1.12 bits per heavy atom. The molecule has 3 aromatic rings. The number of nitrogens with zero attached hydrogens (tertiary/aromatic N) is 1. The van der Waals surface area contributed by atoms with Gasteiger partial charge in [-0.05, 0) is 80.2 Å². The summed E-state index contributed by atoms with van der Waals surface area (Å²) >= 11 is 7.21. The van der Waals surface area contributed by atoms with Crippen LogP contribution in [-0.4, -0.2) is 33.4 Å². The first-order valence-corrected chi connectivity index (χ1v) is 13.5. The zero-order valence-corrected chi connectivity index (χ0v) is 21.1. The predicted octanol–water partition coefficient (Wildman–Crippen LogP) is 6.32. The average molecular weight is 507 g/mol. The van der Waals surface area contributed by atoms with Crippen LogP contribution in [0.15, 0.2) is 64.9 Å². The lowest BCUT2D eigenvalue weighted by atomic mass is 10.1. The lowest BCUT2D eigenvalue weighted by Gasteiger charge is -2.22. The number of carbonyl (C=O) groups is 1. The molecule has 6 nitrogen and oxygen atoms in total. The van der Waals surface area contributed by atoms with Crippen LogP contribution in [0.4, 0.5) is 16.2 Å². The molecule has 0 aliphatic rings. The van der Waals surface area contributed by atoms with Crippen molar-refractivity contribution >= 4 is 50.2 Å². The standard InChI is InChI=1S/C24H27ClN2O4S2/c1-4-27(5-2)19-10-13-21(17(3)15-19)26-24(28)31-22(23-7-6-14-32-23)16-33(29,30)20-11-8-18(25)9-12-20/h6-15,22H,4-5,16H2,1-3H3,(H,26,28). The summed E-state index contributed by atoms with van der Waals surface area (Å²) < 4.78 is 31.5. The molecule has 176 valence electrons. The van der Waals surface area contributed by atoms with Crippen molar-refractivity contribution in [2.75, 3.05) is 29.1 Å². The third kappa shape index (κ3) is 6.50. The van der Waals surface area contributed by atoms with Crippen LogP contribution in [0.2, 0.25) is 5.02 Å². The molecule has 0 bridgehead atoms. The van der Waals surface area contributed by atoms with E-state index in [1.54, 1.807) is 12.1 Å². The largest absolute Gasteiger partial charge is 0.439 e. The molecule has 1 heterocycles. The van der Waals surface area contributed by atoms with Gasteiger partial charge in [0.15, 0.2) is 15.9 Å². The van der Waals surface area contributed by atoms with Gasteiger partial charge >= 0.3 is 6.09 Å². The molecular weight excluding hydrogens is 480 g/mol. The maximum Gasteiger partial charge on any atom is 0.412 e. The second-order valence-electron chi connectivity index (χ2n) is 7.44. The fraction of sp³-hybridized carbons (Fsp3) is 0.292. The fourth-order valence-electron chi connectivity index (χ4n) is 3.43. The maximum absolute atomic E-state index is 12.9. The average Bonchev–Trinajstić information content (AvgIpc) is 3.31. The Balaban J connectivity index is 1.76. The highest BCUT2D eigenvalue weighted by molar-refractivity contribution is 7.91. The number of carbonyl (C=O) groups excluding carboxylic acids is 1. The van der Waals surface area contributed by atoms with Crippen LogP contribution in [0.3, 0.4) is 0 Å². The number of hydrogen-bond donors (Lipinski definition) is 1. The molecule has 1 N–H and O–H groups in total. The smallest absolute Gasteiger partial charge is 0.412 e. The fourth-order valence-corrected chi connectivity index (χ4v) is 5.80. The molecule has 0 saturated carbocycles. The Kier molecular flexibility index (Phi) is 8.40. The van der Waals surface area contributed by atoms with Gasteiger partial charge in [0, 0.05) is 34.4 Å². The van der Waals surface area contributed by atoms with E-state index in [1.807, 2.05) is 30.5 Å². The molecule has 1 aromatic heterocycles. The van der Waals surface area contributed by atoms with E-state index in [2.05, 4.69) is 24.1 Å². The number of halogens is 1. The van der Waals surface area contributed by atoms with Gasteiger partial charge in [0.25, 0.3) is 0 Å². The number of ether oxygens (including phenoxy) is 1. The first-order valence-electron chi connectivity index (χ1n) is 10.6. The molecule has 0 aliphatic heterocycles. The Labute approximate surface area is 204 Å². The molecule has 1 atom stereocenters. The summed E-state index contributed by atoms with van der Waals surface area (Å²) in [7, 11) is -3.71.